The number of nitrogens with zero attached hydrogens (tertiary/aromatic N) is 3. The molecule has 0 saturated carbocycles. The normalized spacial score (nSPS) is 17.1. The molecule has 17 heavy (non-hydrogen) atoms. The number of carbonyl (C=O) groups is 1. The Kier molecular flexibility index (Phi) is 3.96. The van der Waals surface area contributed by atoms with E-state index in [1.165, 1.54) is 4.90 Å². The molecule has 2 rings (SSSR count). The SMILES string of the molecule is O=C(O)N1CCN(Cc2ccc(Br)nc2)CC1. The zero-order valence-corrected chi connectivity index (χ0v) is 10.9. The van der Waals surface area contributed by atoms with Crippen molar-refractivity contribution in [1.29, 1.82) is 0 Å². The van der Waals surface area contributed by atoms with E-state index in [2.05, 4.69) is 25.8 Å². The Morgan fingerprint density at radius 1 is 1.35 bits per heavy atom. The van der Waals surface area contributed by atoms with Crippen molar-refractivity contribution >= 4 is 22.0 Å². The van der Waals surface area contributed by atoms with Crippen LogP contribution in [0.3, 0.4) is 0 Å². The summed E-state index contributed by atoms with van der Waals surface area (Å²) in [5.74, 6) is 0. The molecule has 0 unspecified atom stereocenters. The summed E-state index contributed by atoms with van der Waals surface area (Å²) in [4.78, 5) is 18.6. The fraction of sp³-hybridized carbons (Fsp3) is 0.455. The summed E-state index contributed by atoms with van der Waals surface area (Å²) < 4.78 is 0.831. The van der Waals surface area contributed by atoms with E-state index in [1.807, 2.05) is 18.3 Å². The van der Waals surface area contributed by atoms with Gasteiger partial charge in [-0.05, 0) is 27.6 Å². The Bertz CT molecular complexity index is 388. The van der Waals surface area contributed by atoms with Crippen LogP contribution in [0.4, 0.5) is 4.79 Å². The molecule has 92 valence electrons. The zero-order chi connectivity index (χ0) is 12.3. The highest BCUT2D eigenvalue weighted by atomic mass is 79.9. The minimum Gasteiger partial charge on any atom is -0.465 e. The van der Waals surface area contributed by atoms with Crippen LogP contribution < -0.4 is 0 Å². The van der Waals surface area contributed by atoms with Crippen molar-refractivity contribution in [3.8, 4) is 0 Å². The Morgan fingerprint density at radius 2 is 2.06 bits per heavy atom. The number of aromatic nitrogens is 1. The molecule has 0 radical (unpaired) electrons. The van der Waals surface area contributed by atoms with Gasteiger partial charge in [-0.15, -0.1) is 0 Å². The molecular weight excluding hydrogens is 286 g/mol. The maximum absolute atomic E-state index is 10.7. The standard InChI is InChI=1S/C11H14BrN3O2/c12-10-2-1-9(7-13-10)8-14-3-5-15(6-4-14)11(16)17/h1-2,7H,3-6,8H2,(H,16,17). The molecule has 1 aromatic heterocycles. The van der Waals surface area contributed by atoms with Crippen LogP contribution in [0.2, 0.25) is 0 Å². The van der Waals surface area contributed by atoms with Gasteiger partial charge in [0, 0.05) is 38.9 Å². The van der Waals surface area contributed by atoms with E-state index in [0.29, 0.717) is 13.1 Å². The van der Waals surface area contributed by atoms with Gasteiger partial charge in [-0.25, -0.2) is 9.78 Å². The van der Waals surface area contributed by atoms with E-state index in [9.17, 15) is 4.79 Å². The van der Waals surface area contributed by atoms with Gasteiger partial charge < -0.3 is 10.0 Å². The highest BCUT2D eigenvalue weighted by Crippen LogP contribution is 2.10. The third kappa shape index (κ3) is 3.41. The fourth-order valence-electron chi connectivity index (χ4n) is 1.86. The summed E-state index contributed by atoms with van der Waals surface area (Å²) in [6, 6.07) is 3.95. The molecule has 0 atom stereocenters. The van der Waals surface area contributed by atoms with Gasteiger partial charge in [-0.2, -0.15) is 0 Å². The van der Waals surface area contributed by atoms with Crippen LogP contribution in [0.5, 0.6) is 0 Å². The number of pyridine rings is 1. The number of piperazine rings is 1. The van der Waals surface area contributed by atoms with Gasteiger partial charge in [0.25, 0.3) is 0 Å². The number of carboxylic acid groups (broad SMARTS) is 1. The molecule has 0 spiro atoms. The summed E-state index contributed by atoms with van der Waals surface area (Å²) in [6.45, 7) is 3.55. The van der Waals surface area contributed by atoms with Gasteiger partial charge in [-0.3, -0.25) is 4.90 Å². The second-order valence-electron chi connectivity index (χ2n) is 4.03. The van der Waals surface area contributed by atoms with E-state index in [4.69, 9.17) is 5.11 Å². The molecule has 0 aromatic carbocycles. The predicted octanol–water partition coefficient (Wildman–Crippen LogP) is 1.64. The van der Waals surface area contributed by atoms with E-state index < -0.39 is 6.09 Å². The Morgan fingerprint density at radius 3 is 2.59 bits per heavy atom. The van der Waals surface area contributed by atoms with Gasteiger partial charge >= 0.3 is 6.09 Å². The van der Waals surface area contributed by atoms with E-state index in [-0.39, 0.29) is 0 Å². The third-order valence-corrected chi connectivity index (χ3v) is 3.31. The molecular formula is C11H14BrN3O2. The van der Waals surface area contributed by atoms with Crippen molar-refractivity contribution in [2.24, 2.45) is 0 Å². The lowest BCUT2D eigenvalue weighted by Gasteiger charge is -2.32. The van der Waals surface area contributed by atoms with E-state index in [0.717, 1.165) is 29.8 Å². The number of hydrogen-bond acceptors (Lipinski definition) is 3. The second kappa shape index (κ2) is 5.46. The first kappa shape index (κ1) is 12.3. The van der Waals surface area contributed by atoms with E-state index in [1.54, 1.807) is 0 Å². The van der Waals surface area contributed by atoms with Gasteiger partial charge in [0.05, 0.1) is 0 Å². The lowest BCUT2D eigenvalue weighted by Crippen LogP contribution is -2.47. The molecule has 0 bridgehead atoms. The van der Waals surface area contributed by atoms with Crippen LogP contribution in [-0.2, 0) is 6.54 Å². The Balaban J connectivity index is 1.85. The molecule has 0 aliphatic carbocycles. The monoisotopic (exact) mass is 299 g/mol. The van der Waals surface area contributed by atoms with Crippen molar-refractivity contribution in [2.75, 3.05) is 26.2 Å². The first-order valence-electron chi connectivity index (χ1n) is 5.46. The van der Waals surface area contributed by atoms with E-state index >= 15 is 0 Å². The molecule has 1 aromatic rings. The average molecular weight is 300 g/mol. The molecule has 1 amide bonds. The minimum absolute atomic E-state index is 0.583. The average Bonchev–Trinajstić information content (AvgIpc) is 2.33. The third-order valence-electron chi connectivity index (χ3n) is 2.84. The molecule has 5 nitrogen and oxygen atoms in total. The maximum Gasteiger partial charge on any atom is 0.407 e. The zero-order valence-electron chi connectivity index (χ0n) is 9.34. The van der Waals surface area contributed by atoms with Crippen molar-refractivity contribution in [2.45, 2.75) is 6.54 Å². The molecule has 1 aliphatic heterocycles. The lowest BCUT2D eigenvalue weighted by molar-refractivity contribution is 0.103. The lowest BCUT2D eigenvalue weighted by atomic mass is 10.2. The molecule has 1 saturated heterocycles. The molecule has 1 aliphatic rings. The summed E-state index contributed by atoms with van der Waals surface area (Å²) in [5, 5.41) is 8.84. The molecule has 2 heterocycles. The molecule has 6 heteroatoms. The van der Waals surface area contributed by atoms with Crippen molar-refractivity contribution in [3.05, 3.63) is 28.5 Å². The number of amides is 1. The first-order chi connectivity index (χ1) is 8.15. The van der Waals surface area contributed by atoms with Gasteiger partial charge in [-0.1, -0.05) is 6.07 Å². The Labute approximate surface area is 108 Å². The van der Waals surface area contributed by atoms with Gasteiger partial charge in [0.1, 0.15) is 4.60 Å². The largest absolute Gasteiger partial charge is 0.465 e. The second-order valence-corrected chi connectivity index (χ2v) is 4.85. The molecule has 1 N–H and O–H groups in total. The van der Waals surface area contributed by atoms with Gasteiger partial charge in [0.2, 0.25) is 0 Å². The first-order valence-corrected chi connectivity index (χ1v) is 6.25. The number of hydrogen-bond donors (Lipinski definition) is 1. The summed E-state index contributed by atoms with van der Waals surface area (Å²) in [6.07, 6.45) is 1.02. The minimum atomic E-state index is -0.824. The Hall–Kier alpha value is -1.14. The fourth-order valence-corrected chi connectivity index (χ4v) is 2.09. The van der Waals surface area contributed by atoms with Crippen LogP contribution in [0.25, 0.3) is 0 Å². The van der Waals surface area contributed by atoms with Crippen LogP contribution in [-0.4, -0.2) is 52.2 Å². The molecule has 1 fully saturated rings. The summed E-state index contributed by atoms with van der Waals surface area (Å²) in [7, 11) is 0. The topological polar surface area (TPSA) is 56.7 Å². The summed E-state index contributed by atoms with van der Waals surface area (Å²) >= 11 is 3.30. The summed E-state index contributed by atoms with van der Waals surface area (Å²) in [5.41, 5.74) is 1.15. The van der Waals surface area contributed by atoms with Crippen molar-refractivity contribution < 1.29 is 9.90 Å². The maximum atomic E-state index is 10.7. The van der Waals surface area contributed by atoms with Crippen LogP contribution in [0, 0.1) is 0 Å². The number of halogens is 1. The van der Waals surface area contributed by atoms with Crippen molar-refractivity contribution in [3.63, 3.8) is 0 Å². The number of rotatable bonds is 2. The van der Waals surface area contributed by atoms with Crippen molar-refractivity contribution in [1.82, 2.24) is 14.8 Å². The highest BCUT2D eigenvalue weighted by molar-refractivity contribution is 9.10. The quantitative estimate of drug-likeness (QED) is 0.844. The predicted molar refractivity (Wildman–Crippen MR) is 66.8 cm³/mol. The van der Waals surface area contributed by atoms with Crippen LogP contribution >= 0.6 is 15.9 Å². The van der Waals surface area contributed by atoms with Crippen LogP contribution in [0.15, 0.2) is 22.9 Å². The smallest absolute Gasteiger partial charge is 0.407 e. The highest BCUT2D eigenvalue weighted by Gasteiger charge is 2.20. The van der Waals surface area contributed by atoms with Crippen LogP contribution in [0.1, 0.15) is 5.56 Å². The van der Waals surface area contributed by atoms with Gasteiger partial charge in [0.15, 0.2) is 0 Å².